The van der Waals surface area contributed by atoms with Crippen LogP contribution in [0.1, 0.15) is 100 Å². The number of carboxylic acids is 1. The third-order valence-corrected chi connectivity index (χ3v) is 23.0. The van der Waals surface area contributed by atoms with Gasteiger partial charge in [0.1, 0.15) is 78.0 Å². The van der Waals surface area contributed by atoms with Gasteiger partial charge < -0.3 is 98.4 Å². The number of phenolic OH excluding ortho intramolecular Hbond substituents is 2. The molecule has 129 heavy (non-hydrogen) atoms. The Balaban J connectivity index is 1.21. The zero-order valence-corrected chi connectivity index (χ0v) is 74.8. The van der Waals surface area contributed by atoms with E-state index < -0.39 is 205 Å². The van der Waals surface area contributed by atoms with Crippen molar-refractivity contribution >= 4 is 117 Å². The van der Waals surface area contributed by atoms with Crippen molar-refractivity contribution in [2.45, 2.75) is 172 Å². The summed E-state index contributed by atoms with van der Waals surface area (Å²) >= 11 is 0.817. The number of nitrogens with two attached hydrogens (primary N) is 1. The molecule has 3 heterocycles. The van der Waals surface area contributed by atoms with Crippen molar-refractivity contribution in [3.63, 3.8) is 0 Å². The average Bonchev–Trinajstić information content (AvgIpc) is 1.50. The van der Waals surface area contributed by atoms with E-state index in [1.807, 2.05) is 6.92 Å². The Bertz CT molecular complexity index is 5070. The fourth-order valence-corrected chi connectivity index (χ4v) is 15.7. The van der Waals surface area contributed by atoms with Gasteiger partial charge in [-0.1, -0.05) is 157 Å². The molecule has 7 aromatic rings. The highest BCUT2D eigenvalue weighted by atomic mass is 32.2. The number of carbonyl (C=O) groups is 16. The molecular formula is C92H117N17O19S. The largest absolute Gasteiger partial charge is 0.508 e. The lowest BCUT2D eigenvalue weighted by atomic mass is 9.98. The van der Waals surface area contributed by atoms with Crippen LogP contribution in [-0.4, -0.2) is 277 Å². The molecule has 15 N–H and O–H groups in total. The first-order valence-corrected chi connectivity index (χ1v) is 43.7. The maximum atomic E-state index is 15.5. The number of carbonyl (C=O) groups excluding carboxylic acids is 15. The number of fused-ring (bicyclic) bond motifs is 1. The zero-order valence-electron chi connectivity index (χ0n) is 74.0. The van der Waals surface area contributed by atoms with Crippen LogP contribution in [0.2, 0.25) is 0 Å². The normalized spacial score (nSPS) is 21.9. The van der Waals surface area contributed by atoms with Crippen LogP contribution in [0.4, 0.5) is 0 Å². The highest BCUT2D eigenvalue weighted by Crippen LogP contribution is 2.25. The minimum absolute atomic E-state index is 0.0230. The molecule has 1 aliphatic heterocycles. The Morgan fingerprint density at radius 1 is 0.488 bits per heavy atom. The molecule has 37 heteroatoms. The van der Waals surface area contributed by atoms with Gasteiger partial charge in [0.25, 0.3) is 0 Å². The van der Waals surface area contributed by atoms with Gasteiger partial charge in [-0.15, -0.1) is 11.8 Å². The number of likely N-dealkylation sites (N-methyl/N-ethyl adjacent to an activating group) is 5. The minimum Gasteiger partial charge on any atom is -0.508 e. The number of pyridine rings is 1. The number of aromatic hydroxyl groups is 2. The number of aromatic nitrogens is 2. The molecule has 1 aliphatic rings. The second-order valence-electron chi connectivity index (χ2n) is 32.9. The number of para-hydroxylation sites is 1. The van der Waals surface area contributed by atoms with Crippen LogP contribution in [0, 0.1) is 11.8 Å². The standard InChI is InChI=1S/C92H117N17O19S/c1-11-12-29-73-90(126)106(7)51-78(114)98-69(46-80(116)117)86(122)104-81(55(4)5)92(128)108(9)74(43-56-22-15-13-16-23-56)87(123)102-70(41-59-32-36-63(111)37-33-59)88(124)105(6)50-77(113)97-68(45-61-48-95-65-28-20-19-27-64(61)65)85(121)101-67(40-58-30-34-62(110)35-31-58)84(120)100-66(39-54(2)3)83(119)103-72(82(118)96-49-76(93)112)52-129-53-79(115)99-71(42-60-26-21-38-94-47-60)89(125)109(10)75(91(127)107(73)8)44-57-24-17-14-18-25-57/h13-28,30-38,47-48,54-55,66-75,81,95,110-111H,11-12,29,39-46,49-53H2,1-10H3,(H2,93,112)(H,96,118)(H,97,113)(H,98,114)(H,99,115)(H,100,120)(H,101,121)(H,102,123)(H,103,119)(H,104,122)(H,116,117)/t66-,67-,68+,69-,70-,71-,72-,73+,74-,75-,81-/m0/s1. The fourth-order valence-electron chi connectivity index (χ4n) is 14.9. The summed E-state index contributed by atoms with van der Waals surface area (Å²) < 4.78 is 0. The minimum atomic E-state index is -1.91. The maximum Gasteiger partial charge on any atom is 0.305 e. The number of aliphatic carboxylic acids is 1. The van der Waals surface area contributed by atoms with E-state index in [0.29, 0.717) is 57.1 Å². The van der Waals surface area contributed by atoms with Crippen molar-refractivity contribution in [3.8, 4) is 11.5 Å². The summed E-state index contributed by atoms with van der Waals surface area (Å²) in [4.78, 5) is 247. The number of nitrogens with one attached hydrogen (secondary N) is 10. The number of hydrogen-bond acceptors (Lipinski definition) is 20. The molecule has 0 aliphatic carbocycles. The van der Waals surface area contributed by atoms with Crippen LogP contribution in [0.25, 0.3) is 10.9 Å². The monoisotopic (exact) mass is 1800 g/mol. The van der Waals surface area contributed by atoms with E-state index in [2.05, 4.69) is 57.8 Å². The average molecular weight is 1800 g/mol. The summed E-state index contributed by atoms with van der Waals surface area (Å²) in [5.74, 6) is -17.6. The van der Waals surface area contributed by atoms with Crippen molar-refractivity contribution in [3.05, 3.63) is 198 Å². The van der Waals surface area contributed by atoms with Crippen LogP contribution in [0.5, 0.6) is 11.5 Å². The van der Waals surface area contributed by atoms with Crippen molar-refractivity contribution in [1.29, 1.82) is 0 Å². The lowest BCUT2D eigenvalue weighted by Gasteiger charge is -2.37. The molecule has 15 amide bonds. The molecule has 690 valence electrons. The van der Waals surface area contributed by atoms with Crippen LogP contribution in [0.3, 0.4) is 0 Å². The van der Waals surface area contributed by atoms with Crippen molar-refractivity contribution < 1.29 is 92.0 Å². The first kappa shape index (κ1) is 101. The first-order valence-electron chi connectivity index (χ1n) is 42.5. The molecule has 11 atom stereocenters. The summed E-state index contributed by atoms with van der Waals surface area (Å²) in [6.45, 7) is 6.15. The van der Waals surface area contributed by atoms with Gasteiger partial charge in [0.05, 0.1) is 31.8 Å². The number of primary amides is 1. The fraction of sp³-hybridized carbons (Fsp3) is 0.424. The SMILES string of the molecule is CCCC[C@@H]1C(=O)N(C)CC(=O)N[C@@H](CC(=O)O)C(=O)N[C@@H](C(C)C)C(=O)N(C)[C@@H](Cc2ccccc2)C(=O)N[C@@H](Cc2ccc(O)cc2)C(=O)N(C)CC(=O)N[C@H](Cc2c[nH]c3ccccc23)C(=O)N[C@@H](Cc2ccc(O)cc2)C(=O)N[C@@H](CC(C)C)C(=O)N[C@H](C(=O)NCC(N)=O)CSCC(=O)N[C@@H](Cc2cccnc2)C(=O)N(C)[C@@H](Cc2ccccc2)C(=O)N1C. The predicted octanol–water partition coefficient (Wildman–Crippen LogP) is 1.72. The van der Waals surface area contributed by atoms with E-state index in [-0.39, 0.29) is 68.8 Å². The summed E-state index contributed by atoms with van der Waals surface area (Å²) in [5, 5.41) is 55.5. The third-order valence-electron chi connectivity index (χ3n) is 21.9. The topological polar surface area (TPSA) is 513 Å². The molecule has 1 saturated heterocycles. The van der Waals surface area contributed by atoms with E-state index in [4.69, 9.17) is 5.73 Å². The number of thioether (sulfide) groups is 1. The van der Waals surface area contributed by atoms with Gasteiger partial charge in [-0.05, 0) is 94.5 Å². The molecule has 0 saturated carbocycles. The van der Waals surface area contributed by atoms with Gasteiger partial charge in [0, 0.05) is 109 Å². The van der Waals surface area contributed by atoms with Gasteiger partial charge >= 0.3 is 5.97 Å². The molecule has 0 radical (unpaired) electrons. The van der Waals surface area contributed by atoms with Gasteiger partial charge in [-0.25, -0.2) is 0 Å². The van der Waals surface area contributed by atoms with Crippen LogP contribution < -0.4 is 53.6 Å². The maximum absolute atomic E-state index is 15.5. The van der Waals surface area contributed by atoms with Gasteiger partial charge in [0.2, 0.25) is 88.6 Å². The van der Waals surface area contributed by atoms with E-state index >= 15 is 33.6 Å². The molecule has 36 nitrogen and oxygen atoms in total. The molecule has 1 fully saturated rings. The van der Waals surface area contributed by atoms with E-state index in [1.165, 1.54) is 96.2 Å². The van der Waals surface area contributed by atoms with E-state index in [9.17, 15) is 58.5 Å². The number of phenols is 2. The number of nitrogens with zero attached hydrogens (tertiary/aromatic N) is 6. The van der Waals surface area contributed by atoms with Crippen LogP contribution in [-0.2, 0) is 115 Å². The quantitative estimate of drug-likeness (QED) is 0.0433. The number of H-pyrrole nitrogens is 1. The molecule has 2 aromatic heterocycles. The summed E-state index contributed by atoms with van der Waals surface area (Å²) in [6.07, 6.45) is 2.94. The van der Waals surface area contributed by atoms with Gasteiger partial charge in [0.15, 0.2) is 0 Å². The highest BCUT2D eigenvalue weighted by Gasteiger charge is 2.42. The summed E-state index contributed by atoms with van der Waals surface area (Å²) in [7, 11) is 6.50. The first-order chi connectivity index (χ1) is 61.4. The summed E-state index contributed by atoms with van der Waals surface area (Å²) in [6, 6.07) is 21.7. The van der Waals surface area contributed by atoms with Crippen molar-refractivity contribution in [2.24, 2.45) is 17.6 Å². The van der Waals surface area contributed by atoms with Gasteiger partial charge in [-0.2, -0.15) is 0 Å². The van der Waals surface area contributed by atoms with E-state index in [1.54, 1.807) is 131 Å². The molecular weight excluding hydrogens is 1680 g/mol. The van der Waals surface area contributed by atoms with Crippen LogP contribution >= 0.6 is 11.8 Å². The van der Waals surface area contributed by atoms with Crippen molar-refractivity contribution in [1.82, 2.24) is 82.3 Å². The van der Waals surface area contributed by atoms with Crippen molar-refractivity contribution in [2.75, 3.05) is 66.4 Å². The zero-order chi connectivity index (χ0) is 94.3. The Hall–Kier alpha value is -13.7. The number of benzene rings is 5. The third kappa shape index (κ3) is 30.5. The van der Waals surface area contributed by atoms with E-state index in [0.717, 1.165) is 36.3 Å². The lowest BCUT2D eigenvalue weighted by molar-refractivity contribution is -0.151. The second-order valence-corrected chi connectivity index (χ2v) is 34.0. The number of aromatic amines is 1. The number of rotatable bonds is 23. The summed E-state index contributed by atoms with van der Waals surface area (Å²) in [5.41, 5.74) is 8.98. The number of hydrogen-bond donors (Lipinski definition) is 14. The molecule has 0 unspecified atom stereocenters. The predicted molar refractivity (Wildman–Crippen MR) is 480 cm³/mol. The molecule has 0 spiro atoms. The lowest BCUT2D eigenvalue weighted by Crippen LogP contribution is -2.61. The smallest absolute Gasteiger partial charge is 0.305 e. The number of unbranched alkanes of at least 4 members (excludes halogenated alkanes) is 1. The Kier molecular flexibility index (Phi) is 38.1. The second kappa shape index (κ2) is 48.8. The molecule has 0 bridgehead atoms. The Morgan fingerprint density at radius 3 is 1.53 bits per heavy atom. The number of carboxylic acid groups (broad SMARTS) is 1. The Labute approximate surface area is 752 Å². The molecule has 8 rings (SSSR count). The number of amides is 15. The molecule has 5 aromatic carbocycles. The highest BCUT2D eigenvalue weighted by molar-refractivity contribution is 8.00. The van der Waals surface area contributed by atoms with Crippen LogP contribution in [0.15, 0.2) is 164 Å². The Morgan fingerprint density at radius 2 is 0.969 bits per heavy atom. The van der Waals surface area contributed by atoms with Gasteiger partial charge in [-0.3, -0.25) is 81.7 Å².